The molecule has 0 unspecified atom stereocenters. The Bertz CT molecular complexity index is 327. The minimum atomic E-state index is -0.129. The van der Waals surface area contributed by atoms with Gasteiger partial charge < -0.3 is 10.2 Å². The summed E-state index contributed by atoms with van der Waals surface area (Å²) in [6, 6.07) is 9.63. The fourth-order valence-electron chi connectivity index (χ4n) is 1.40. The van der Waals surface area contributed by atoms with Crippen LogP contribution in [0.25, 0.3) is 0 Å². The fourth-order valence-corrected chi connectivity index (χ4v) is 1.81. The molecule has 0 aliphatic heterocycles. The van der Waals surface area contributed by atoms with Gasteiger partial charge in [0.2, 0.25) is 0 Å². The van der Waals surface area contributed by atoms with Crippen LogP contribution in [0, 0.1) is 0 Å². The molecule has 0 atom stereocenters. The molecule has 2 amide bonds. The molecule has 1 rings (SSSR count). The van der Waals surface area contributed by atoms with Crippen LogP contribution in [0.15, 0.2) is 30.3 Å². The van der Waals surface area contributed by atoms with Crippen LogP contribution >= 0.6 is 23.2 Å². The topological polar surface area (TPSA) is 32.3 Å². The zero-order valence-electron chi connectivity index (χ0n) is 9.53. The van der Waals surface area contributed by atoms with E-state index in [1.165, 1.54) is 0 Å². The van der Waals surface area contributed by atoms with Gasteiger partial charge in [0.15, 0.2) is 0 Å². The number of rotatable bonds is 6. The number of urea groups is 1. The molecule has 0 aliphatic rings. The molecule has 0 fully saturated rings. The number of halogens is 2. The van der Waals surface area contributed by atoms with Gasteiger partial charge in [-0.15, -0.1) is 23.2 Å². The van der Waals surface area contributed by atoms with Crippen molar-refractivity contribution < 1.29 is 4.79 Å². The summed E-state index contributed by atoms with van der Waals surface area (Å²) >= 11 is 11.3. The molecule has 5 heteroatoms. The second-order valence-corrected chi connectivity index (χ2v) is 4.27. The van der Waals surface area contributed by atoms with E-state index in [1.54, 1.807) is 4.90 Å². The normalized spacial score (nSPS) is 10.0. The van der Waals surface area contributed by atoms with Gasteiger partial charge in [-0.2, -0.15) is 0 Å². The zero-order valence-corrected chi connectivity index (χ0v) is 11.0. The number of amides is 2. The Morgan fingerprint density at radius 2 is 1.71 bits per heavy atom. The van der Waals surface area contributed by atoms with Crippen LogP contribution < -0.4 is 5.32 Å². The lowest BCUT2D eigenvalue weighted by molar-refractivity contribution is 0.203. The van der Waals surface area contributed by atoms with Gasteiger partial charge in [-0.3, -0.25) is 0 Å². The smallest absolute Gasteiger partial charge is 0.317 e. The van der Waals surface area contributed by atoms with Crippen molar-refractivity contribution in [3.8, 4) is 0 Å². The summed E-state index contributed by atoms with van der Waals surface area (Å²) in [5.41, 5.74) is 1.07. The molecule has 0 aliphatic carbocycles. The van der Waals surface area contributed by atoms with E-state index in [-0.39, 0.29) is 6.03 Å². The highest BCUT2D eigenvalue weighted by atomic mass is 35.5. The van der Waals surface area contributed by atoms with Crippen molar-refractivity contribution in [1.29, 1.82) is 0 Å². The molecule has 0 saturated carbocycles. The number of nitrogens with one attached hydrogen (secondary N) is 1. The van der Waals surface area contributed by atoms with E-state index in [1.807, 2.05) is 30.3 Å². The number of carbonyl (C=O) groups excluding carboxylic acids is 1. The van der Waals surface area contributed by atoms with Crippen molar-refractivity contribution in [2.45, 2.75) is 6.54 Å². The van der Waals surface area contributed by atoms with Crippen LogP contribution in [0.1, 0.15) is 5.56 Å². The highest BCUT2D eigenvalue weighted by molar-refractivity contribution is 6.18. The first kappa shape index (κ1) is 14.1. The molecule has 0 radical (unpaired) electrons. The highest BCUT2D eigenvalue weighted by Crippen LogP contribution is 1.99. The molecule has 1 N–H and O–H groups in total. The molecule has 0 aromatic heterocycles. The first-order chi connectivity index (χ1) is 8.27. The van der Waals surface area contributed by atoms with Crippen molar-refractivity contribution in [2.24, 2.45) is 0 Å². The molecule has 17 heavy (non-hydrogen) atoms. The zero-order chi connectivity index (χ0) is 12.5. The molecule has 0 heterocycles. The summed E-state index contributed by atoms with van der Waals surface area (Å²) in [7, 11) is 0. The first-order valence-electron chi connectivity index (χ1n) is 5.46. The van der Waals surface area contributed by atoms with E-state index in [0.29, 0.717) is 31.4 Å². The van der Waals surface area contributed by atoms with Crippen LogP contribution in [0.2, 0.25) is 0 Å². The first-order valence-corrected chi connectivity index (χ1v) is 6.53. The van der Waals surface area contributed by atoms with Gasteiger partial charge >= 0.3 is 6.03 Å². The number of hydrogen-bond donors (Lipinski definition) is 1. The number of nitrogens with zero attached hydrogens (tertiary/aromatic N) is 1. The van der Waals surface area contributed by atoms with Crippen LogP contribution in [0.4, 0.5) is 4.79 Å². The largest absolute Gasteiger partial charge is 0.334 e. The number of alkyl halides is 2. The van der Waals surface area contributed by atoms with Gasteiger partial charge in [-0.25, -0.2) is 4.79 Å². The van der Waals surface area contributed by atoms with Crippen LogP contribution in [-0.2, 0) is 6.54 Å². The van der Waals surface area contributed by atoms with E-state index in [0.717, 1.165) is 5.56 Å². The third-order valence-corrected chi connectivity index (χ3v) is 2.62. The molecule has 0 bridgehead atoms. The average Bonchev–Trinajstić information content (AvgIpc) is 2.37. The monoisotopic (exact) mass is 274 g/mol. The summed E-state index contributed by atoms with van der Waals surface area (Å²) in [4.78, 5) is 13.4. The summed E-state index contributed by atoms with van der Waals surface area (Å²) in [6.45, 7) is 1.53. The predicted octanol–water partition coefficient (Wildman–Crippen LogP) is 2.68. The Morgan fingerprint density at radius 1 is 1.12 bits per heavy atom. The van der Waals surface area contributed by atoms with Gasteiger partial charge in [0.05, 0.1) is 0 Å². The Morgan fingerprint density at radius 3 is 2.24 bits per heavy atom. The quantitative estimate of drug-likeness (QED) is 0.795. The Balaban J connectivity index is 2.41. The van der Waals surface area contributed by atoms with Crippen LogP contribution in [-0.4, -0.2) is 35.8 Å². The summed E-state index contributed by atoms with van der Waals surface area (Å²) in [5.74, 6) is 0.825. The van der Waals surface area contributed by atoms with Crippen molar-refractivity contribution in [3.63, 3.8) is 0 Å². The number of hydrogen-bond acceptors (Lipinski definition) is 1. The van der Waals surface area contributed by atoms with Crippen molar-refractivity contribution in [2.75, 3.05) is 24.8 Å². The molecule has 1 aromatic rings. The van der Waals surface area contributed by atoms with Gasteiger partial charge in [0, 0.05) is 31.4 Å². The second kappa shape index (κ2) is 8.20. The third-order valence-electron chi connectivity index (χ3n) is 2.28. The lowest BCUT2D eigenvalue weighted by Crippen LogP contribution is -2.41. The van der Waals surface area contributed by atoms with E-state index < -0.39 is 0 Å². The highest BCUT2D eigenvalue weighted by Gasteiger charge is 2.11. The minimum Gasteiger partial charge on any atom is -0.334 e. The van der Waals surface area contributed by atoms with Crippen molar-refractivity contribution in [3.05, 3.63) is 35.9 Å². The fraction of sp³-hybridized carbons (Fsp3) is 0.417. The lowest BCUT2D eigenvalue weighted by atomic mass is 10.2. The van der Waals surface area contributed by atoms with Gasteiger partial charge in [-0.1, -0.05) is 30.3 Å². The van der Waals surface area contributed by atoms with Crippen molar-refractivity contribution >= 4 is 29.2 Å². The molecular weight excluding hydrogens is 259 g/mol. The SMILES string of the molecule is O=C(NCc1ccccc1)N(CCCl)CCCl. The molecule has 94 valence electrons. The summed E-state index contributed by atoms with van der Waals surface area (Å²) in [6.07, 6.45) is 0. The maximum Gasteiger partial charge on any atom is 0.317 e. The van der Waals surface area contributed by atoms with Crippen LogP contribution in [0.3, 0.4) is 0 Å². The Labute approximate surface area is 112 Å². The maximum absolute atomic E-state index is 11.8. The number of carbonyl (C=O) groups is 1. The molecule has 0 saturated heterocycles. The van der Waals surface area contributed by atoms with Gasteiger partial charge in [0.1, 0.15) is 0 Å². The summed E-state index contributed by atoms with van der Waals surface area (Å²) < 4.78 is 0. The minimum absolute atomic E-state index is 0.129. The molecule has 1 aromatic carbocycles. The summed E-state index contributed by atoms with van der Waals surface area (Å²) in [5, 5.41) is 2.84. The maximum atomic E-state index is 11.8. The van der Waals surface area contributed by atoms with E-state index in [2.05, 4.69) is 5.32 Å². The van der Waals surface area contributed by atoms with Crippen LogP contribution in [0.5, 0.6) is 0 Å². The van der Waals surface area contributed by atoms with Gasteiger partial charge in [-0.05, 0) is 5.56 Å². The van der Waals surface area contributed by atoms with Gasteiger partial charge in [0.25, 0.3) is 0 Å². The predicted molar refractivity (Wildman–Crippen MR) is 71.7 cm³/mol. The van der Waals surface area contributed by atoms with Crippen molar-refractivity contribution in [1.82, 2.24) is 10.2 Å². The van der Waals surface area contributed by atoms with E-state index in [4.69, 9.17) is 23.2 Å². The lowest BCUT2D eigenvalue weighted by Gasteiger charge is -2.20. The molecular formula is C12H16Cl2N2O. The average molecular weight is 275 g/mol. The Kier molecular flexibility index (Phi) is 6.82. The Hall–Kier alpha value is -0.930. The standard InChI is InChI=1S/C12H16Cl2N2O/c13-6-8-16(9-7-14)12(17)15-10-11-4-2-1-3-5-11/h1-5H,6-10H2,(H,15,17). The second-order valence-electron chi connectivity index (χ2n) is 3.51. The van der Waals surface area contributed by atoms with E-state index in [9.17, 15) is 4.79 Å². The third kappa shape index (κ3) is 5.29. The number of benzene rings is 1. The molecule has 0 spiro atoms. The molecule has 3 nitrogen and oxygen atoms in total. The van der Waals surface area contributed by atoms with E-state index >= 15 is 0 Å².